The fraction of sp³-hybridized carbons (Fsp3) is 0.118. The van der Waals surface area contributed by atoms with Gasteiger partial charge in [0.25, 0.3) is 0 Å². The van der Waals surface area contributed by atoms with E-state index in [-0.39, 0.29) is 10.6 Å². The number of carboxylic acids is 1. The average Bonchev–Trinajstić information content (AvgIpc) is 2.45. The van der Waals surface area contributed by atoms with Crippen LogP contribution in [-0.4, -0.2) is 19.5 Å². The van der Waals surface area contributed by atoms with Crippen LogP contribution in [-0.2, 0) is 20.4 Å². The van der Waals surface area contributed by atoms with Crippen LogP contribution in [0, 0.1) is 6.92 Å². The second kappa shape index (κ2) is 6.58. The first-order valence-corrected chi connectivity index (χ1v) is 8.31. The monoisotopic (exact) mass is 316 g/mol. The molecule has 0 atom stereocenters. The van der Waals surface area contributed by atoms with Crippen molar-refractivity contribution in [1.82, 2.24) is 0 Å². The molecule has 0 saturated heterocycles. The van der Waals surface area contributed by atoms with Gasteiger partial charge in [-0.3, -0.25) is 0 Å². The summed E-state index contributed by atoms with van der Waals surface area (Å²) in [7, 11) is -3.47. The van der Waals surface area contributed by atoms with Crippen LogP contribution in [0.25, 0.3) is 6.08 Å². The van der Waals surface area contributed by atoms with Crippen molar-refractivity contribution in [3.63, 3.8) is 0 Å². The summed E-state index contributed by atoms with van der Waals surface area (Å²) in [6.07, 6.45) is 2.35. The maximum atomic E-state index is 12.5. The van der Waals surface area contributed by atoms with Gasteiger partial charge in [0.15, 0.2) is 9.84 Å². The summed E-state index contributed by atoms with van der Waals surface area (Å²) in [4.78, 5) is 10.7. The summed E-state index contributed by atoms with van der Waals surface area (Å²) < 4.78 is 24.9. The summed E-state index contributed by atoms with van der Waals surface area (Å²) in [5.41, 5.74) is 2.27. The Labute approximate surface area is 129 Å². The Morgan fingerprint density at radius 2 is 1.86 bits per heavy atom. The van der Waals surface area contributed by atoms with Gasteiger partial charge in [0.05, 0.1) is 10.6 Å². The third kappa shape index (κ3) is 4.30. The van der Waals surface area contributed by atoms with Crippen LogP contribution < -0.4 is 0 Å². The van der Waals surface area contributed by atoms with E-state index in [4.69, 9.17) is 5.11 Å². The average molecular weight is 316 g/mol. The van der Waals surface area contributed by atoms with E-state index in [1.165, 1.54) is 18.2 Å². The largest absolute Gasteiger partial charge is 0.478 e. The van der Waals surface area contributed by atoms with Crippen LogP contribution in [0.2, 0.25) is 0 Å². The van der Waals surface area contributed by atoms with E-state index in [1.807, 2.05) is 25.1 Å². The first kappa shape index (κ1) is 16.0. The highest BCUT2D eigenvalue weighted by atomic mass is 32.2. The zero-order chi connectivity index (χ0) is 16.2. The second-order valence-corrected chi connectivity index (χ2v) is 6.98. The fourth-order valence-corrected chi connectivity index (χ4v) is 3.47. The van der Waals surface area contributed by atoms with Gasteiger partial charge in [-0.2, -0.15) is 0 Å². The number of aryl methyl sites for hydroxylation is 1. The lowest BCUT2D eigenvalue weighted by Crippen LogP contribution is -2.05. The predicted molar refractivity (Wildman–Crippen MR) is 85.2 cm³/mol. The van der Waals surface area contributed by atoms with Crippen molar-refractivity contribution in [3.05, 3.63) is 71.3 Å². The minimum absolute atomic E-state index is 0.0826. The fourth-order valence-electron chi connectivity index (χ4n) is 2.08. The number of benzene rings is 2. The number of hydrogen-bond donors (Lipinski definition) is 1. The molecule has 22 heavy (non-hydrogen) atoms. The van der Waals surface area contributed by atoms with Gasteiger partial charge in [0.2, 0.25) is 0 Å². The van der Waals surface area contributed by atoms with E-state index in [9.17, 15) is 13.2 Å². The zero-order valence-corrected chi connectivity index (χ0v) is 12.9. The quantitative estimate of drug-likeness (QED) is 0.861. The predicted octanol–water partition coefficient (Wildman–Crippen LogP) is 3.07. The summed E-state index contributed by atoms with van der Waals surface area (Å²) in [6, 6.07) is 13.6. The molecule has 0 fully saturated rings. The Balaban J connectivity index is 2.29. The van der Waals surface area contributed by atoms with Crippen molar-refractivity contribution >= 4 is 21.9 Å². The Bertz CT molecular complexity index is 820. The van der Waals surface area contributed by atoms with E-state index >= 15 is 0 Å². The molecule has 0 aliphatic rings. The van der Waals surface area contributed by atoms with Crippen molar-refractivity contribution in [2.45, 2.75) is 17.6 Å². The smallest absolute Gasteiger partial charge is 0.328 e. The molecule has 1 N–H and O–H groups in total. The van der Waals surface area contributed by atoms with Crippen LogP contribution in [0.5, 0.6) is 0 Å². The van der Waals surface area contributed by atoms with Gasteiger partial charge < -0.3 is 5.11 Å². The molecule has 0 spiro atoms. The Kier molecular flexibility index (Phi) is 4.78. The molecule has 0 aromatic heterocycles. The Morgan fingerprint density at radius 3 is 2.55 bits per heavy atom. The number of carbonyl (C=O) groups is 1. The molecule has 2 aromatic rings. The van der Waals surface area contributed by atoms with Gasteiger partial charge in [-0.1, -0.05) is 42.0 Å². The molecule has 2 rings (SSSR count). The van der Waals surface area contributed by atoms with E-state index in [2.05, 4.69) is 0 Å². The normalized spacial score (nSPS) is 11.7. The van der Waals surface area contributed by atoms with Gasteiger partial charge in [0, 0.05) is 6.08 Å². The van der Waals surface area contributed by atoms with Gasteiger partial charge >= 0.3 is 5.97 Å². The number of hydrogen-bond acceptors (Lipinski definition) is 3. The molecule has 0 unspecified atom stereocenters. The molecule has 0 aliphatic heterocycles. The van der Waals surface area contributed by atoms with E-state index in [1.54, 1.807) is 18.2 Å². The SMILES string of the molecule is Cc1cccc(CS(=O)(=O)c2cccc(/C=C/C(=O)O)c2)c1. The molecule has 4 nitrogen and oxygen atoms in total. The molecule has 2 aromatic carbocycles. The molecular weight excluding hydrogens is 300 g/mol. The van der Waals surface area contributed by atoms with E-state index in [0.717, 1.165) is 17.2 Å². The minimum atomic E-state index is -3.47. The molecule has 0 radical (unpaired) electrons. The summed E-state index contributed by atoms with van der Waals surface area (Å²) in [6.45, 7) is 1.91. The van der Waals surface area contributed by atoms with Crippen LogP contribution in [0.15, 0.2) is 59.5 Å². The number of aliphatic carboxylic acids is 1. The highest BCUT2D eigenvalue weighted by molar-refractivity contribution is 7.90. The third-order valence-electron chi connectivity index (χ3n) is 3.07. The van der Waals surface area contributed by atoms with E-state index < -0.39 is 15.8 Å². The summed E-state index contributed by atoms with van der Waals surface area (Å²) in [5, 5.41) is 8.62. The lowest BCUT2D eigenvalue weighted by molar-refractivity contribution is -0.131. The molecular formula is C17H16O4S. The zero-order valence-electron chi connectivity index (χ0n) is 12.1. The van der Waals surface area contributed by atoms with Crippen LogP contribution in [0.4, 0.5) is 0 Å². The van der Waals surface area contributed by atoms with Gasteiger partial charge in [-0.05, 0) is 36.3 Å². The number of rotatable bonds is 5. The second-order valence-electron chi connectivity index (χ2n) is 4.99. The number of sulfone groups is 1. The molecule has 0 heterocycles. The molecule has 114 valence electrons. The van der Waals surface area contributed by atoms with E-state index in [0.29, 0.717) is 5.56 Å². The van der Waals surface area contributed by atoms with Crippen LogP contribution in [0.1, 0.15) is 16.7 Å². The standard InChI is InChI=1S/C17H16O4S/c1-13-4-2-6-15(10-13)12-22(20,21)16-7-3-5-14(11-16)8-9-17(18)19/h2-11H,12H2,1H3,(H,18,19)/b9-8+. The van der Waals surface area contributed by atoms with Gasteiger partial charge in [-0.25, -0.2) is 13.2 Å². The topological polar surface area (TPSA) is 71.4 Å². The highest BCUT2D eigenvalue weighted by Crippen LogP contribution is 2.19. The van der Waals surface area contributed by atoms with Gasteiger partial charge in [-0.15, -0.1) is 0 Å². The molecule has 0 aliphatic carbocycles. The highest BCUT2D eigenvalue weighted by Gasteiger charge is 2.15. The van der Waals surface area contributed by atoms with Gasteiger partial charge in [0.1, 0.15) is 0 Å². The third-order valence-corrected chi connectivity index (χ3v) is 4.76. The maximum absolute atomic E-state index is 12.5. The molecule has 0 amide bonds. The first-order valence-electron chi connectivity index (χ1n) is 6.66. The number of carboxylic acid groups (broad SMARTS) is 1. The van der Waals surface area contributed by atoms with Crippen molar-refractivity contribution < 1.29 is 18.3 Å². The Morgan fingerprint density at radius 1 is 1.14 bits per heavy atom. The summed E-state index contributed by atoms with van der Waals surface area (Å²) >= 11 is 0. The van der Waals surface area contributed by atoms with Crippen LogP contribution in [0.3, 0.4) is 0 Å². The lowest BCUT2D eigenvalue weighted by Gasteiger charge is -2.06. The van der Waals surface area contributed by atoms with Crippen molar-refractivity contribution in [2.24, 2.45) is 0 Å². The molecule has 5 heteroatoms. The molecule has 0 saturated carbocycles. The van der Waals surface area contributed by atoms with Crippen LogP contribution >= 0.6 is 0 Å². The lowest BCUT2D eigenvalue weighted by atomic mass is 10.2. The Hall–Kier alpha value is -2.40. The molecule has 0 bridgehead atoms. The first-order chi connectivity index (χ1) is 10.4. The van der Waals surface area contributed by atoms with Crippen molar-refractivity contribution in [2.75, 3.05) is 0 Å². The maximum Gasteiger partial charge on any atom is 0.328 e. The van der Waals surface area contributed by atoms with Crippen molar-refractivity contribution in [1.29, 1.82) is 0 Å². The van der Waals surface area contributed by atoms with Crippen molar-refractivity contribution in [3.8, 4) is 0 Å². The minimum Gasteiger partial charge on any atom is -0.478 e. The summed E-state index contributed by atoms with van der Waals surface area (Å²) in [5.74, 6) is -1.16.